The Kier molecular flexibility index (Phi) is 5.45. The van der Waals surface area contributed by atoms with Crippen LogP contribution in [-0.4, -0.2) is 16.6 Å². The Morgan fingerprint density at radius 2 is 1.82 bits per heavy atom. The molecule has 0 saturated carbocycles. The number of benzene rings is 2. The van der Waals surface area contributed by atoms with Gasteiger partial charge >= 0.3 is 0 Å². The first-order valence-corrected chi connectivity index (χ1v) is 8.37. The van der Waals surface area contributed by atoms with Crippen LogP contribution < -0.4 is 5.32 Å². The largest absolute Gasteiger partial charge is 0.457 e. The quantitative estimate of drug-likeness (QED) is 0.290. The zero-order valence-electron chi connectivity index (χ0n) is 14.9. The second kappa shape index (κ2) is 8.13. The van der Waals surface area contributed by atoms with Crippen molar-refractivity contribution in [3.63, 3.8) is 0 Å². The van der Waals surface area contributed by atoms with Gasteiger partial charge in [0, 0.05) is 35.9 Å². The van der Waals surface area contributed by atoms with Crippen molar-refractivity contribution in [1.29, 1.82) is 0 Å². The minimum atomic E-state index is -0.469. The summed E-state index contributed by atoms with van der Waals surface area (Å²) in [5.74, 6) is 0.513. The molecular weight excluding hydrogens is 360 g/mol. The molecule has 0 unspecified atom stereocenters. The maximum atomic E-state index is 12.3. The first kappa shape index (κ1) is 18.8. The average molecular weight is 376 g/mol. The molecule has 28 heavy (non-hydrogen) atoms. The molecule has 1 heterocycles. The summed E-state index contributed by atoms with van der Waals surface area (Å²) in [5.41, 5.74) is 1.63. The number of allylic oxidation sites excluding steroid dienone is 1. The Morgan fingerprint density at radius 1 is 1.07 bits per heavy atom. The number of hydrogen-bond donors (Lipinski definition) is 1. The van der Waals surface area contributed by atoms with Crippen molar-refractivity contribution >= 4 is 29.1 Å². The molecule has 0 saturated heterocycles. The van der Waals surface area contributed by atoms with E-state index >= 15 is 0 Å². The zero-order chi connectivity index (χ0) is 20.1. The number of nitro benzene ring substituents is 1. The predicted molar refractivity (Wildman–Crippen MR) is 105 cm³/mol. The molecule has 3 rings (SSSR count). The third-order valence-corrected chi connectivity index (χ3v) is 3.86. The lowest BCUT2D eigenvalue weighted by molar-refractivity contribution is -0.384. The maximum Gasteiger partial charge on any atom is 0.270 e. The number of ketones is 1. The highest BCUT2D eigenvalue weighted by Crippen LogP contribution is 2.26. The fourth-order valence-electron chi connectivity index (χ4n) is 2.55. The van der Waals surface area contributed by atoms with E-state index in [9.17, 15) is 19.7 Å². The van der Waals surface area contributed by atoms with Crippen LogP contribution in [0.15, 0.2) is 71.2 Å². The summed E-state index contributed by atoms with van der Waals surface area (Å²) in [7, 11) is 0. The van der Waals surface area contributed by atoms with Crippen molar-refractivity contribution in [2.45, 2.75) is 6.92 Å². The van der Waals surface area contributed by atoms with Gasteiger partial charge in [0.2, 0.25) is 5.91 Å². The first-order valence-electron chi connectivity index (χ1n) is 8.37. The van der Waals surface area contributed by atoms with E-state index in [1.54, 1.807) is 48.5 Å². The van der Waals surface area contributed by atoms with Gasteiger partial charge in [-0.25, -0.2) is 0 Å². The molecule has 140 valence electrons. The van der Waals surface area contributed by atoms with Gasteiger partial charge in [0.05, 0.1) is 4.92 Å². The highest BCUT2D eigenvalue weighted by molar-refractivity contribution is 6.07. The minimum Gasteiger partial charge on any atom is -0.457 e. The first-order chi connectivity index (χ1) is 13.4. The number of amides is 1. The smallest absolute Gasteiger partial charge is 0.270 e. The van der Waals surface area contributed by atoms with E-state index in [1.165, 1.54) is 31.2 Å². The third kappa shape index (κ3) is 4.59. The monoisotopic (exact) mass is 376 g/mol. The van der Waals surface area contributed by atoms with Crippen molar-refractivity contribution < 1.29 is 18.9 Å². The number of non-ortho nitro benzene ring substituents is 1. The fourth-order valence-corrected chi connectivity index (χ4v) is 2.55. The van der Waals surface area contributed by atoms with Crippen LogP contribution in [0.1, 0.15) is 23.0 Å². The highest BCUT2D eigenvalue weighted by atomic mass is 16.6. The number of nitrogens with one attached hydrogen (secondary N) is 1. The normalized spacial score (nSPS) is 10.8. The lowest BCUT2D eigenvalue weighted by Gasteiger charge is -2.02. The van der Waals surface area contributed by atoms with Gasteiger partial charge in [-0.15, -0.1) is 0 Å². The molecule has 3 aromatic rings. The van der Waals surface area contributed by atoms with Crippen LogP contribution in [-0.2, 0) is 4.79 Å². The second-order valence-electron chi connectivity index (χ2n) is 5.97. The highest BCUT2D eigenvalue weighted by Gasteiger charge is 2.10. The summed E-state index contributed by atoms with van der Waals surface area (Å²) in [5, 5.41) is 13.5. The number of nitro groups is 1. The van der Waals surface area contributed by atoms with Crippen LogP contribution in [0.3, 0.4) is 0 Å². The number of anilines is 1. The maximum absolute atomic E-state index is 12.3. The molecular formula is C21H16N2O5. The van der Waals surface area contributed by atoms with E-state index in [0.29, 0.717) is 28.3 Å². The van der Waals surface area contributed by atoms with Gasteiger partial charge in [-0.2, -0.15) is 0 Å². The summed E-state index contributed by atoms with van der Waals surface area (Å²) in [6, 6.07) is 16.0. The third-order valence-electron chi connectivity index (χ3n) is 3.86. The molecule has 1 amide bonds. The average Bonchev–Trinajstić information content (AvgIpc) is 3.15. The molecule has 0 bridgehead atoms. The Morgan fingerprint density at radius 3 is 2.50 bits per heavy atom. The van der Waals surface area contributed by atoms with Crippen LogP contribution in [0.25, 0.3) is 17.4 Å². The molecule has 0 atom stereocenters. The van der Waals surface area contributed by atoms with Crippen LogP contribution in [0.2, 0.25) is 0 Å². The summed E-state index contributed by atoms with van der Waals surface area (Å²) in [6.07, 6.45) is 2.91. The van der Waals surface area contributed by atoms with E-state index in [4.69, 9.17) is 4.42 Å². The molecule has 0 aliphatic heterocycles. The molecule has 1 N–H and O–H groups in total. The predicted octanol–water partition coefficient (Wildman–Crippen LogP) is 4.71. The van der Waals surface area contributed by atoms with E-state index < -0.39 is 4.92 Å². The van der Waals surface area contributed by atoms with E-state index in [0.717, 1.165) is 0 Å². The molecule has 1 aromatic heterocycles. The molecule has 7 nitrogen and oxygen atoms in total. The number of carbonyl (C=O) groups is 2. The van der Waals surface area contributed by atoms with E-state index in [1.807, 2.05) is 0 Å². The van der Waals surface area contributed by atoms with Crippen LogP contribution in [0.4, 0.5) is 11.4 Å². The van der Waals surface area contributed by atoms with Crippen molar-refractivity contribution in [2.75, 3.05) is 5.32 Å². The van der Waals surface area contributed by atoms with Crippen molar-refractivity contribution in [1.82, 2.24) is 0 Å². The van der Waals surface area contributed by atoms with Gasteiger partial charge < -0.3 is 9.73 Å². The lowest BCUT2D eigenvalue weighted by atomic mass is 10.1. The number of rotatable bonds is 6. The molecule has 0 aliphatic rings. The van der Waals surface area contributed by atoms with Gasteiger partial charge in [-0.05, 0) is 48.6 Å². The number of nitrogens with zero attached hydrogens (tertiary/aromatic N) is 1. The van der Waals surface area contributed by atoms with Crippen LogP contribution in [0.5, 0.6) is 0 Å². The lowest BCUT2D eigenvalue weighted by Crippen LogP contribution is -2.05. The summed E-state index contributed by atoms with van der Waals surface area (Å²) >= 11 is 0. The zero-order valence-corrected chi connectivity index (χ0v) is 14.9. The molecule has 0 aliphatic carbocycles. The molecule has 0 spiro atoms. The number of carbonyl (C=O) groups excluding carboxylic acids is 2. The van der Waals surface area contributed by atoms with Crippen LogP contribution in [0, 0.1) is 10.1 Å². The Labute approximate surface area is 160 Å². The summed E-state index contributed by atoms with van der Waals surface area (Å²) in [4.78, 5) is 33.7. The van der Waals surface area contributed by atoms with Gasteiger partial charge in [-0.3, -0.25) is 19.7 Å². The van der Waals surface area contributed by atoms with Crippen molar-refractivity contribution in [3.8, 4) is 11.3 Å². The van der Waals surface area contributed by atoms with Crippen molar-refractivity contribution in [2.24, 2.45) is 0 Å². The fraction of sp³-hybridized carbons (Fsp3) is 0.0476. The molecule has 2 aromatic carbocycles. The van der Waals surface area contributed by atoms with Crippen molar-refractivity contribution in [3.05, 3.63) is 88.2 Å². The van der Waals surface area contributed by atoms with E-state index in [-0.39, 0.29) is 17.4 Å². The molecule has 0 fully saturated rings. The van der Waals surface area contributed by atoms with Gasteiger partial charge in [0.1, 0.15) is 11.5 Å². The van der Waals surface area contributed by atoms with Gasteiger partial charge in [0.15, 0.2) is 5.78 Å². The summed E-state index contributed by atoms with van der Waals surface area (Å²) in [6.45, 7) is 1.41. The Bertz CT molecular complexity index is 1060. The standard InChI is InChI=1S/C21H16N2O5/c1-14(24)22-17-7-5-15(6-8-17)20(25)11-9-19-10-12-21(28-19)16-3-2-4-18(13-16)23(26)27/h2-13H,1H3,(H,22,24)/b11-9+. The summed E-state index contributed by atoms with van der Waals surface area (Å²) < 4.78 is 5.64. The van der Waals surface area contributed by atoms with Crippen LogP contribution >= 0.6 is 0 Å². The Hall–Kier alpha value is -4.00. The SMILES string of the molecule is CC(=O)Nc1ccc(C(=O)/C=C/c2ccc(-c3cccc([N+](=O)[O-])c3)o2)cc1. The van der Waals surface area contributed by atoms with E-state index in [2.05, 4.69) is 5.32 Å². The molecule has 0 radical (unpaired) electrons. The topological polar surface area (TPSA) is 102 Å². The second-order valence-corrected chi connectivity index (χ2v) is 5.97. The molecule has 7 heteroatoms. The Balaban J connectivity index is 1.71. The number of hydrogen-bond acceptors (Lipinski definition) is 5. The minimum absolute atomic E-state index is 0.0242. The van der Waals surface area contributed by atoms with Gasteiger partial charge in [-0.1, -0.05) is 12.1 Å². The number of furan rings is 1. The van der Waals surface area contributed by atoms with Gasteiger partial charge in [0.25, 0.3) is 5.69 Å².